The molecule has 0 heterocycles. The molecule has 0 aliphatic carbocycles. The van der Waals surface area contributed by atoms with E-state index < -0.39 is 0 Å². The SMILES string of the molecule is C.C=N/N=C\C(=C\C(=C)C)C(=C)C.CC. The average Bonchev–Trinajstić information content (AvgIpc) is 2.14. The summed E-state index contributed by atoms with van der Waals surface area (Å²) in [6, 6.07) is 0. The summed E-state index contributed by atoms with van der Waals surface area (Å²) in [4.78, 5) is 0. The molecule has 0 aliphatic rings. The molecule has 0 aromatic carbocycles. The second kappa shape index (κ2) is 12.6. The molecule has 0 unspecified atom stereocenters. The summed E-state index contributed by atoms with van der Waals surface area (Å²) in [5, 5.41) is 7.04. The highest BCUT2D eigenvalue weighted by atomic mass is 15.2. The van der Waals surface area contributed by atoms with Crippen molar-refractivity contribution < 1.29 is 0 Å². The molecule has 0 radical (unpaired) electrons. The molecule has 0 spiro atoms. The van der Waals surface area contributed by atoms with E-state index in [2.05, 4.69) is 30.1 Å². The van der Waals surface area contributed by atoms with Gasteiger partial charge in [0.2, 0.25) is 0 Å². The van der Waals surface area contributed by atoms with Crippen LogP contribution in [0.5, 0.6) is 0 Å². The van der Waals surface area contributed by atoms with Crippen molar-refractivity contribution in [1.82, 2.24) is 0 Å². The largest absolute Gasteiger partial charge is 0.167 e. The van der Waals surface area contributed by atoms with Crippen LogP contribution in [-0.4, -0.2) is 12.9 Å². The van der Waals surface area contributed by atoms with Crippen LogP contribution >= 0.6 is 0 Å². The molecular formula is C13H24N2. The summed E-state index contributed by atoms with van der Waals surface area (Å²) >= 11 is 0. The lowest BCUT2D eigenvalue weighted by Crippen LogP contribution is -1.86. The van der Waals surface area contributed by atoms with Crippen LogP contribution in [0.4, 0.5) is 0 Å². The molecule has 0 saturated carbocycles. The standard InChI is InChI=1S/C10H14N2.C2H6.CH4/c1-8(2)6-10(9(3)4)7-12-11-5;1-2;/h6-7H,1,3,5H2,2,4H3;1-2H3;1H4/b10-6-,12-7-;;. The first-order chi connectivity index (χ1) is 6.57. The van der Waals surface area contributed by atoms with Crippen molar-refractivity contribution in [2.75, 3.05) is 0 Å². The quantitative estimate of drug-likeness (QED) is 0.371. The topological polar surface area (TPSA) is 24.7 Å². The Labute approximate surface area is 94.8 Å². The molecule has 0 atom stereocenters. The van der Waals surface area contributed by atoms with Crippen molar-refractivity contribution in [3.8, 4) is 0 Å². The Balaban J connectivity index is -0.000000449. The molecule has 0 aliphatic heterocycles. The van der Waals surface area contributed by atoms with E-state index in [0.29, 0.717) is 0 Å². The Morgan fingerprint density at radius 3 is 1.87 bits per heavy atom. The summed E-state index contributed by atoms with van der Waals surface area (Å²) in [6.07, 6.45) is 3.51. The van der Waals surface area contributed by atoms with E-state index in [1.807, 2.05) is 33.8 Å². The van der Waals surface area contributed by atoms with Crippen LogP contribution in [0.1, 0.15) is 35.1 Å². The average molecular weight is 208 g/mol. The highest BCUT2D eigenvalue weighted by Gasteiger charge is 1.92. The predicted molar refractivity (Wildman–Crippen MR) is 73.8 cm³/mol. The number of allylic oxidation sites excluding steroid dienone is 4. The fraction of sp³-hybridized carbons (Fsp3) is 0.385. The minimum atomic E-state index is 0. The maximum Gasteiger partial charge on any atom is 0.0570 e. The van der Waals surface area contributed by atoms with E-state index in [-0.39, 0.29) is 7.43 Å². The normalized spacial score (nSPS) is 9.73. The van der Waals surface area contributed by atoms with Gasteiger partial charge in [-0.1, -0.05) is 46.1 Å². The van der Waals surface area contributed by atoms with Crippen molar-refractivity contribution in [1.29, 1.82) is 0 Å². The molecule has 0 rings (SSSR count). The summed E-state index contributed by atoms with van der Waals surface area (Å²) in [5.74, 6) is 0. The Kier molecular flexibility index (Phi) is 16.1. The summed E-state index contributed by atoms with van der Waals surface area (Å²) in [6.45, 7) is 18.6. The zero-order valence-corrected chi connectivity index (χ0v) is 9.67. The molecule has 2 nitrogen and oxygen atoms in total. The van der Waals surface area contributed by atoms with Gasteiger partial charge in [0.1, 0.15) is 0 Å². The predicted octanol–water partition coefficient (Wildman–Crippen LogP) is 4.41. The number of rotatable bonds is 4. The number of hydrogen-bond acceptors (Lipinski definition) is 2. The van der Waals surface area contributed by atoms with Crippen molar-refractivity contribution in [2.24, 2.45) is 10.2 Å². The van der Waals surface area contributed by atoms with Gasteiger partial charge in [-0.15, -0.1) is 0 Å². The van der Waals surface area contributed by atoms with Gasteiger partial charge in [0.05, 0.1) is 6.21 Å². The van der Waals surface area contributed by atoms with E-state index in [0.717, 1.165) is 16.7 Å². The van der Waals surface area contributed by atoms with E-state index in [9.17, 15) is 0 Å². The third-order valence-electron chi connectivity index (χ3n) is 1.17. The molecule has 0 amide bonds. The molecular weight excluding hydrogens is 184 g/mol. The zero-order valence-electron chi connectivity index (χ0n) is 9.67. The van der Waals surface area contributed by atoms with Gasteiger partial charge in [-0.05, 0) is 25.0 Å². The Hall–Kier alpha value is -1.44. The lowest BCUT2D eigenvalue weighted by Gasteiger charge is -1.98. The third-order valence-corrected chi connectivity index (χ3v) is 1.17. The van der Waals surface area contributed by atoms with Crippen molar-refractivity contribution in [3.05, 3.63) is 36.0 Å². The van der Waals surface area contributed by atoms with Crippen LogP contribution in [0.15, 0.2) is 46.2 Å². The van der Waals surface area contributed by atoms with Crippen molar-refractivity contribution >= 4 is 12.9 Å². The van der Waals surface area contributed by atoms with Gasteiger partial charge >= 0.3 is 0 Å². The maximum absolute atomic E-state index is 3.80. The summed E-state index contributed by atoms with van der Waals surface area (Å²) in [5.41, 5.74) is 2.82. The van der Waals surface area contributed by atoms with Crippen LogP contribution in [-0.2, 0) is 0 Å². The van der Waals surface area contributed by atoms with Gasteiger partial charge < -0.3 is 0 Å². The lowest BCUT2D eigenvalue weighted by atomic mass is 10.1. The first-order valence-corrected chi connectivity index (χ1v) is 4.60. The second-order valence-corrected chi connectivity index (χ2v) is 2.61. The van der Waals surface area contributed by atoms with E-state index >= 15 is 0 Å². The monoisotopic (exact) mass is 208 g/mol. The summed E-state index contributed by atoms with van der Waals surface area (Å²) in [7, 11) is 0. The molecule has 0 bridgehead atoms. The first kappa shape index (κ1) is 19.2. The van der Waals surface area contributed by atoms with Crippen molar-refractivity contribution in [3.63, 3.8) is 0 Å². The third kappa shape index (κ3) is 12.6. The van der Waals surface area contributed by atoms with Gasteiger partial charge in [0.25, 0.3) is 0 Å². The minimum absolute atomic E-state index is 0. The minimum Gasteiger partial charge on any atom is -0.167 e. The van der Waals surface area contributed by atoms with Gasteiger partial charge in [-0.2, -0.15) is 10.2 Å². The lowest BCUT2D eigenvalue weighted by molar-refractivity contribution is 1.27. The van der Waals surface area contributed by atoms with Gasteiger partial charge in [0, 0.05) is 6.72 Å². The molecule has 0 fully saturated rings. The Morgan fingerprint density at radius 1 is 1.13 bits per heavy atom. The fourth-order valence-corrected chi connectivity index (χ4v) is 0.639. The smallest absolute Gasteiger partial charge is 0.0570 e. The maximum atomic E-state index is 3.80. The molecule has 0 N–H and O–H groups in total. The van der Waals surface area contributed by atoms with Gasteiger partial charge in [-0.25, -0.2) is 0 Å². The number of nitrogens with zero attached hydrogens (tertiary/aromatic N) is 2. The molecule has 0 aromatic rings. The first-order valence-electron chi connectivity index (χ1n) is 4.60. The molecule has 0 saturated heterocycles. The molecule has 0 aromatic heterocycles. The van der Waals surface area contributed by atoms with Crippen LogP contribution in [0.3, 0.4) is 0 Å². The number of hydrogen-bond donors (Lipinski definition) is 0. The fourth-order valence-electron chi connectivity index (χ4n) is 0.639. The highest BCUT2D eigenvalue weighted by Crippen LogP contribution is 2.06. The second-order valence-electron chi connectivity index (χ2n) is 2.61. The molecule has 2 heteroatoms. The van der Waals surface area contributed by atoms with E-state index in [1.165, 1.54) is 0 Å². The van der Waals surface area contributed by atoms with Crippen molar-refractivity contribution in [2.45, 2.75) is 35.1 Å². The van der Waals surface area contributed by atoms with E-state index in [1.54, 1.807) is 6.21 Å². The van der Waals surface area contributed by atoms with Gasteiger partial charge in [-0.3, -0.25) is 0 Å². The van der Waals surface area contributed by atoms with Gasteiger partial charge in [0.15, 0.2) is 0 Å². The summed E-state index contributed by atoms with van der Waals surface area (Å²) < 4.78 is 0. The molecule has 86 valence electrons. The van der Waals surface area contributed by atoms with Crippen LogP contribution in [0.2, 0.25) is 0 Å². The van der Waals surface area contributed by atoms with Crippen LogP contribution in [0, 0.1) is 0 Å². The van der Waals surface area contributed by atoms with Crippen LogP contribution in [0.25, 0.3) is 0 Å². The van der Waals surface area contributed by atoms with E-state index in [4.69, 9.17) is 0 Å². The Morgan fingerprint density at radius 2 is 1.60 bits per heavy atom. The zero-order chi connectivity index (χ0) is 11.6. The van der Waals surface area contributed by atoms with Crippen LogP contribution < -0.4 is 0 Å². The highest BCUT2D eigenvalue weighted by molar-refractivity contribution is 5.84. The molecule has 15 heavy (non-hydrogen) atoms. The Bertz CT molecular complexity index is 258.